The van der Waals surface area contributed by atoms with Crippen molar-refractivity contribution in [2.45, 2.75) is 33.7 Å². The summed E-state index contributed by atoms with van der Waals surface area (Å²) in [6, 6.07) is 14.9. The Bertz CT molecular complexity index is 843. The van der Waals surface area contributed by atoms with Gasteiger partial charge in [-0.15, -0.1) is 0 Å². The maximum absolute atomic E-state index is 12.7. The number of imide groups is 1. The molecule has 1 atom stereocenters. The molecule has 0 aliphatic heterocycles. The van der Waals surface area contributed by atoms with E-state index in [0.717, 1.165) is 5.56 Å². The van der Waals surface area contributed by atoms with Gasteiger partial charge in [-0.3, -0.25) is 14.9 Å². The maximum atomic E-state index is 12.7. The van der Waals surface area contributed by atoms with Crippen LogP contribution in [0.5, 0.6) is 0 Å². The van der Waals surface area contributed by atoms with Crippen LogP contribution in [0.3, 0.4) is 0 Å². The molecule has 1 unspecified atom stereocenters. The molecule has 154 valence electrons. The summed E-state index contributed by atoms with van der Waals surface area (Å²) in [4.78, 5) is 36.5. The molecule has 4 amide bonds. The van der Waals surface area contributed by atoms with E-state index in [4.69, 9.17) is 0 Å². The zero-order chi connectivity index (χ0) is 21.4. The molecule has 29 heavy (non-hydrogen) atoms. The van der Waals surface area contributed by atoms with Crippen LogP contribution in [0.1, 0.15) is 39.3 Å². The summed E-state index contributed by atoms with van der Waals surface area (Å²) in [6.07, 6.45) is 0. The van der Waals surface area contributed by atoms with E-state index in [9.17, 15) is 14.4 Å². The minimum Gasteiger partial charge on any atom is -0.370 e. The van der Waals surface area contributed by atoms with E-state index >= 15 is 0 Å². The van der Waals surface area contributed by atoms with Gasteiger partial charge in [0.25, 0.3) is 5.91 Å². The van der Waals surface area contributed by atoms with Gasteiger partial charge in [0, 0.05) is 23.3 Å². The predicted molar refractivity (Wildman–Crippen MR) is 115 cm³/mol. The van der Waals surface area contributed by atoms with Crippen LogP contribution in [0.4, 0.5) is 16.2 Å². The third-order valence-corrected chi connectivity index (χ3v) is 4.10. The zero-order valence-corrected chi connectivity index (χ0v) is 17.2. The number of carbonyl (C=O) groups is 3. The average molecular weight is 396 g/mol. The number of urea groups is 1. The minimum absolute atomic E-state index is 0.0818. The molecule has 0 aromatic heterocycles. The van der Waals surface area contributed by atoms with Gasteiger partial charge in [0.05, 0.1) is 0 Å². The summed E-state index contributed by atoms with van der Waals surface area (Å²) in [5, 5.41) is 10.9. The SMILES string of the molecule is CCNC(=O)NC(=O)C(Nc1ccc(NC(=O)C(C)(C)C)cc1)c1ccccc1. The van der Waals surface area contributed by atoms with Gasteiger partial charge in [0.15, 0.2) is 0 Å². The third kappa shape index (κ3) is 6.64. The molecule has 0 aliphatic carbocycles. The van der Waals surface area contributed by atoms with Crippen LogP contribution in [-0.4, -0.2) is 24.4 Å². The van der Waals surface area contributed by atoms with Crippen molar-refractivity contribution in [1.82, 2.24) is 10.6 Å². The minimum atomic E-state index is -0.756. The van der Waals surface area contributed by atoms with Gasteiger partial charge < -0.3 is 16.0 Å². The van der Waals surface area contributed by atoms with Crippen molar-refractivity contribution in [2.24, 2.45) is 5.41 Å². The summed E-state index contributed by atoms with van der Waals surface area (Å²) in [5.41, 5.74) is 1.57. The number of carbonyl (C=O) groups excluding carboxylic acids is 3. The number of anilines is 2. The van der Waals surface area contributed by atoms with Crippen molar-refractivity contribution in [3.05, 3.63) is 60.2 Å². The lowest BCUT2D eigenvalue weighted by Crippen LogP contribution is -2.43. The van der Waals surface area contributed by atoms with E-state index in [2.05, 4.69) is 21.3 Å². The topological polar surface area (TPSA) is 99.3 Å². The largest absolute Gasteiger partial charge is 0.370 e. The Balaban J connectivity index is 2.15. The van der Waals surface area contributed by atoms with Crippen LogP contribution < -0.4 is 21.3 Å². The highest BCUT2D eigenvalue weighted by Crippen LogP contribution is 2.23. The fourth-order valence-electron chi connectivity index (χ4n) is 2.47. The Hall–Kier alpha value is -3.35. The second-order valence-electron chi connectivity index (χ2n) is 7.62. The average Bonchev–Trinajstić information content (AvgIpc) is 2.67. The molecule has 0 saturated heterocycles. The Morgan fingerprint density at radius 1 is 0.897 bits per heavy atom. The molecule has 2 rings (SSSR count). The number of hydrogen-bond acceptors (Lipinski definition) is 4. The fourth-order valence-corrected chi connectivity index (χ4v) is 2.47. The van der Waals surface area contributed by atoms with Gasteiger partial charge in [-0.25, -0.2) is 4.79 Å². The number of nitrogens with one attached hydrogen (secondary N) is 4. The number of amides is 4. The normalized spacial score (nSPS) is 11.9. The van der Waals surface area contributed by atoms with Crippen LogP contribution >= 0.6 is 0 Å². The highest BCUT2D eigenvalue weighted by atomic mass is 16.2. The molecular formula is C22H28N4O3. The molecule has 0 fully saturated rings. The first-order valence-electron chi connectivity index (χ1n) is 9.52. The molecule has 7 heteroatoms. The lowest BCUT2D eigenvalue weighted by Gasteiger charge is -2.20. The summed E-state index contributed by atoms with van der Waals surface area (Å²) < 4.78 is 0. The molecule has 2 aromatic carbocycles. The van der Waals surface area contributed by atoms with Crippen LogP contribution in [-0.2, 0) is 9.59 Å². The van der Waals surface area contributed by atoms with Gasteiger partial charge in [-0.05, 0) is 36.8 Å². The fraction of sp³-hybridized carbons (Fsp3) is 0.318. The molecule has 0 spiro atoms. The van der Waals surface area contributed by atoms with E-state index in [1.165, 1.54) is 0 Å². The predicted octanol–water partition coefficient (Wildman–Crippen LogP) is 3.67. The van der Waals surface area contributed by atoms with E-state index in [1.54, 1.807) is 31.2 Å². The van der Waals surface area contributed by atoms with E-state index in [0.29, 0.717) is 17.9 Å². The Morgan fingerprint density at radius 2 is 1.48 bits per heavy atom. The molecule has 7 nitrogen and oxygen atoms in total. The summed E-state index contributed by atoms with van der Waals surface area (Å²) in [6.45, 7) is 7.73. The Labute approximate surface area is 171 Å². The molecule has 0 bridgehead atoms. The van der Waals surface area contributed by atoms with E-state index < -0.39 is 23.4 Å². The number of benzene rings is 2. The number of rotatable bonds is 6. The molecule has 4 N–H and O–H groups in total. The summed E-state index contributed by atoms with van der Waals surface area (Å²) >= 11 is 0. The summed E-state index contributed by atoms with van der Waals surface area (Å²) in [5.74, 6) is -0.547. The van der Waals surface area contributed by atoms with Gasteiger partial charge in [0.2, 0.25) is 5.91 Å². The molecule has 0 saturated carbocycles. The molecule has 0 aliphatic rings. The standard InChI is InChI=1S/C22H28N4O3/c1-5-23-21(29)26-19(27)18(15-9-7-6-8-10-15)24-16-11-13-17(14-12-16)25-20(28)22(2,3)4/h6-14,18,24H,5H2,1-4H3,(H,25,28)(H2,23,26,27,29). The number of hydrogen-bond donors (Lipinski definition) is 4. The molecule has 0 heterocycles. The van der Waals surface area contributed by atoms with Crippen molar-refractivity contribution < 1.29 is 14.4 Å². The van der Waals surface area contributed by atoms with E-state index in [-0.39, 0.29) is 5.91 Å². The van der Waals surface area contributed by atoms with Crippen molar-refractivity contribution in [2.75, 3.05) is 17.2 Å². The lowest BCUT2D eigenvalue weighted by atomic mass is 9.95. The van der Waals surface area contributed by atoms with Gasteiger partial charge in [0.1, 0.15) is 6.04 Å². The first-order chi connectivity index (χ1) is 13.7. The van der Waals surface area contributed by atoms with E-state index in [1.807, 2.05) is 51.1 Å². The highest BCUT2D eigenvalue weighted by molar-refractivity contribution is 5.99. The third-order valence-electron chi connectivity index (χ3n) is 4.10. The lowest BCUT2D eigenvalue weighted by molar-refractivity contribution is -0.123. The Kier molecular flexibility index (Phi) is 7.36. The van der Waals surface area contributed by atoms with Crippen molar-refractivity contribution in [3.8, 4) is 0 Å². The van der Waals surface area contributed by atoms with Gasteiger partial charge in [-0.2, -0.15) is 0 Å². The van der Waals surface area contributed by atoms with Crippen LogP contribution in [0, 0.1) is 5.41 Å². The van der Waals surface area contributed by atoms with Crippen molar-refractivity contribution >= 4 is 29.2 Å². The second kappa shape index (κ2) is 9.73. The quantitative estimate of drug-likeness (QED) is 0.599. The summed E-state index contributed by atoms with van der Waals surface area (Å²) in [7, 11) is 0. The van der Waals surface area contributed by atoms with Crippen LogP contribution in [0.2, 0.25) is 0 Å². The molecule has 2 aromatic rings. The van der Waals surface area contributed by atoms with Crippen molar-refractivity contribution in [3.63, 3.8) is 0 Å². The second-order valence-corrected chi connectivity index (χ2v) is 7.62. The first-order valence-corrected chi connectivity index (χ1v) is 9.52. The van der Waals surface area contributed by atoms with Crippen LogP contribution in [0.25, 0.3) is 0 Å². The first kappa shape index (κ1) is 21.9. The smallest absolute Gasteiger partial charge is 0.321 e. The maximum Gasteiger partial charge on any atom is 0.321 e. The zero-order valence-electron chi connectivity index (χ0n) is 17.2. The van der Waals surface area contributed by atoms with Gasteiger partial charge in [-0.1, -0.05) is 51.1 Å². The molecular weight excluding hydrogens is 368 g/mol. The molecule has 0 radical (unpaired) electrons. The van der Waals surface area contributed by atoms with Crippen LogP contribution in [0.15, 0.2) is 54.6 Å². The monoisotopic (exact) mass is 396 g/mol. The van der Waals surface area contributed by atoms with Gasteiger partial charge >= 0.3 is 6.03 Å². The highest BCUT2D eigenvalue weighted by Gasteiger charge is 2.23. The van der Waals surface area contributed by atoms with Crippen molar-refractivity contribution in [1.29, 1.82) is 0 Å². The Morgan fingerprint density at radius 3 is 2.03 bits per heavy atom.